The van der Waals surface area contributed by atoms with Gasteiger partial charge in [0, 0.05) is 39.0 Å². The highest BCUT2D eigenvalue weighted by Crippen LogP contribution is 2.49. The predicted octanol–water partition coefficient (Wildman–Crippen LogP) is 10.1. The average Bonchev–Trinajstić information content (AvgIpc) is 3.63. The minimum absolute atomic E-state index is 0.886. The van der Waals surface area contributed by atoms with Gasteiger partial charge in [-0.15, -0.1) is 0 Å². The smallest absolute Gasteiger partial charge is 0.144 e. The third-order valence-corrected chi connectivity index (χ3v) is 8.26. The summed E-state index contributed by atoms with van der Waals surface area (Å²) >= 11 is 0. The number of hydrogen-bond donors (Lipinski definition) is 0. The molecule has 0 amide bonds. The van der Waals surface area contributed by atoms with Crippen molar-refractivity contribution in [2.75, 3.05) is 0 Å². The number of para-hydroxylation sites is 1. The highest BCUT2D eigenvalue weighted by molar-refractivity contribution is 6.40. The van der Waals surface area contributed by atoms with Gasteiger partial charge in [-0.25, -0.2) is 0 Å². The summed E-state index contributed by atoms with van der Waals surface area (Å²) < 4.78 is 8.89. The first-order chi connectivity index (χ1) is 19.9. The van der Waals surface area contributed by atoms with Crippen molar-refractivity contribution in [2.45, 2.75) is 0 Å². The van der Waals surface area contributed by atoms with Gasteiger partial charge in [0.25, 0.3) is 0 Å². The van der Waals surface area contributed by atoms with Crippen LogP contribution in [0.15, 0.2) is 138 Å². The van der Waals surface area contributed by atoms with E-state index in [0.29, 0.717) is 0 Å². The largest absolute Gasteiger partial charge is 0.463 e. The lowest BCUT2D eigenvalue weighted by molar-refractivity contribution is 0.620. The van der Waals surface area contributed by atoms with E-state index >= 15 is 0 Å². The molecule has 0 N–H and O–H groups in total. The van der Waals surface area contributed by atoms with Crippen molar-refractivity contribution in [1.82, 2.24) is 9.55 Å². The molecule has 40 heavy (non-hydrogen) atoms. The van der Waals surface area contributed by atoms with E-state index in [1.807, 2.05) is 24.6 Å². The number of rotatable bonds is 2. The molecule has 0 fully saturated rings. The molecule has 186 valence electrons. The van der Waals surface area contributed by atoms with Crippen LogP contribution in [0.4, 0.5) is 0 Å². The van der Waals surface area contributed by atoms with Crippen molar-refractivity contribution in [3.63, 3.8) is 0 Å². The molecular weight excluding hydrogens is 488 g/mol. The van der Waals surface area contributed by atoms with E-state index < -0.39 is 0 Å². The maximum absolute atomic E-state index is 6.43. The van der Waals surface area contributed by atoms with Gasteiger partial charge >= 0.3 is 0 Å². The van der Waals surface area contributed by atoms with E-state index in [1.54, 1.807) is 0 Å². The number of pyridine rings is 1. The summed E-state index contributed by atoms with van der Waals surface area (Å²) in [6.45, 7) is 0. The Bertz CT molecular complexity index is 2420. The molecule has 3 nitrogen and oxygen atoms in total. The Morgan fingerprint density at radius 1 is 0.475 bits per heavy atom. The van der Waals surface area contributed by atoms with Gasteiger partial charge in [0.1, 0.15) is 11.8 Å². The van der Waals surface area contributed by atoms with Crippen molar-refractivity contribution in [2.24, 2.45) is 0 Å². The summed E-state index contributed by atoms with van der Waals surface area (Å²) in [5.41, 5.74) is 6.26. The molecule has 0 saturated carbocycles. The van der Waals surface area contributed by atoms with E-state index in [4.69, 9.17) is 9.40 Å². The van der Waals surface area contributed by atoms with Gasteiger partial charge in [-0.05, 0) is 45.8 Å². The van der Waals surface area contributed by atoms with Crippen LogP contribution in [0, 0.1) is 0 Å². The fourth-order valence-electron chi connectivity index (χ4n) is 6.69. The van der Waals surface area contributed by atoms with E-state index in [0.717, 1.165) is 38.8 Å². The average molecular weight is 511 g/mol. The van der Waals surface area contributed by atoms with Crippen LogP contribution in [-0.2, 0) is 0 Å². The molecular formula is C37H22N2O. The molecule has 0 bridgehead atoms. The Labute approximate surface area is 229 Å². The Kier molecular flexibility index (Phi) is 4.33. The maximum Gasteiger partial charge on any atom is 0.144 e. The zero-order chi connectivity index (χ0) is 26.2. The second-order valence-corrected chi connectivity index (χ2v) is 10.3. The number of aromatic nitrogens is 2. The highest BCUT2D eigenvalue weighted by atomic mass is 16.3. The molecule has 3 heteroatoms. The summed E-state index contributed by atoms with van der Waals surface area (Å²) in [5, 5.41) is 10.9. The molecule has 0 aliphatic carbocycles. The lowest BCUT2D eigenvalue weighted by Crippen LogP contribution is -1.95. The molecule has 0 radical (unpaired) electrons. The maximum atomic E-state index is 6.43. The van der Waals surface area contributed by atoms with Crippen molar-refractivity contribution in [3.05, 3.63) is 134 Å². The van der Waals surface area contributed by atoms with Crippen LogP contribution in [0.3, 0.4) is 0 Å². The Hall–Kier alpha value is -5.41. The van der Waals surface area contributed by atoms with E-state index in [9.17, 15) is 0 Å². The first-order valence-corrected chi connectivity index (χ1v) is 13.6. The van der Waals surface area contributed by atoms with Crippen molar-refractivity contribution < 1.29 is 4.42 Å². The zero-order valence-corrected chi connectivity index (χ0v) is 21.5. The first-order valence-electron chi connectivity index (χ1n) is 13.6. The van der Waals surface area contributed by atoms with Crippen molar-refractivity contribution in [3.8, 4) is 16.9 Å². The predicted molar refractivity (Wildman–Crippen MR) is 166 cm³/mol. The highest BCUT2D eigenvalue weighted by Gasteiger charge is 2.26. The minimum atomic E-state index is 0.886. The molecule has 0 spiro atoms. The lowest BCUT2D eigenvalue weighted by Gasteiger charge is -2.12. The van der Waals surface area contributed by atoms with Crippen LogP contribution < -0.4 is 0 Å². The first kappa shape index (κ1) is 21.5. The van der Waals surface area contributed by atoms with Gasteiger partial charge in [-0.2, -0.15) is 0 Å². The number of furan rings is 1. The van der Waals surface area contributed by atoms with Crippen LogP contribution in [0.25, 0.3) is 82.0 Å². The Morgan fingerprint density at radius 3 is 1.77 bits per heavy atom. The summed E-state index contributed by atoms with van der Waals surface area (Å²) in [5.74, 6) is 0. The van der Waals surface area contributed by atoms with Crippen molar-refractivity contribution in [1.29, 1.82) is 0 Å². The van der Waals surface area contributed by atoms with E-state index in [1.165, 1.54) is 43.2 Å². The zero-order valence-electron chi connectivity index (χ0n) is 21.5. The van der Waals surface area contributed by atoms with Gasteiger partial charge in [-0.1, -0.05) is 97.1 Å². The number of fused-ring (bicyclic) bond motifs is 13. The Balaban J connectivity index is 1.70. The van der Waals surface area contributed by atoms with Crippen LogP contribution in [0.5, 0.6) is 0 Å². The number of nitrogens with zero attached hydrogens (tertiary/aromatic N) is 2. The van der Waals surface area contributed by atoms with Crippen LogP contribution in [0.2, 0.25) is 0 Å². The summed E-state index contributed by atoms with van der Waals surface area (Å²) in [6.07, 6.45) is 3.72. The molecule has 0 aliphatic rings. The molecule has 9 aromatic rings. The lowest BCUT2D eigenvalue weighted by atomic mass is 9.94. The van der Waals surface area contributed by atoms with E-state index in [2.05, 4.69) is 114 Å². The Morgan fingerprint density at radius 2 is 1.05 bits per heavy atom. The topological polar surface area (TPSA) is 31.0 Å². The van der Waals surface area contributed by atoms with Gasteiger partial charge in [-0.3, -0.25) is 4.98 Å². The molecule has 9 rings (SSSR count). The summed E-state index contributed by atoms with van der Waals surface area (Å²) in [7, 11) is 0. The SMILES string of the molecule is c1ccc(-n2c3c4ccccc4c4ccccc4c3c3c4ccccc4c4occ(-c5ccccn5)c4c32)cc1. The van der Waals surface area contributed by atoms with Gasteiger partial charge in [0.05, 0.1) is 22.1 Å². The van der Waals surface area contributed by atoms with Gasteiger partial charge in [0.15, 0.2) is 0 Å². The minimum Gasteiger partial charge on any atom is -0.463 e. The third-order valence-electron chi connectivity index (χ3n) is 8.26. The number of hydrogen-bond acceptors (Lipinski definition) is 2. The van der Waals surface area contributed by atoms with Crippen LogP contribution in [0.1, 0.15) is 0 Å². The molecule has 3 aromatic heterocycles. The normalized spacial score (nSPS) is 12.0. The summed E-state index contributed by atoms with van der Waals surface area (Å²) in [6, 6.07) is 43.0. The van der Waals surface area contributed by atoms with Crippen LogP contribution >= 0.6 is 0 Å². The fraction of sp³-hybridized carbons (Fsp3) is 0. The second kappa shape index (κ2) is 8.05. The quantitative estimate of drug-likeness (QED) is 0.217. The molecule has 0 unspecified atom stereocenters. The fourth-order valence-corrected chi connectivity index (χ4v) is 6.69. The van der Waals surface area contributed by atoms with Crippen molar-refractivity contribution >= 4 is 65.1 Å². The standard InChI is InChI=1S/C37H22N2O/c1-2-12-23(13-3-1)39-35-28-18-8-5-15-25(28)24-14-4-6-16-26(24)32(35)33-27-17-7-9-19-29(27)37-34(36(33)39)30(22-40-37)31-20-10-11-21-38-31/h1-22H. The van der Waals surface area contributed by atoms with Gasteiger partial charge < -0.3 is 8.98 Å². The molecule has 0 saturated heterocycles. The summed E-state index contributed by atoms with van der Waals surface area (Å²) in [4.78, 5) is 4.75. The third kappa shape index (κ3) is 2.76. The monoisotopic (exact) mass is 510 g/mol. The second-order valence-electron chi connectivity index (χ2n) is 10.3. The molecule has 6 aromatic carbocycles. The van der Waals surface area contributed by atoms with Gasteiger partial charge in [0.2, 0.25) is 0 Å². The number of benzene rings is 6. The molecule has 0 aliphatic heterocycles. The molecule has 0 atom stereocenters. The molecule has 3 heterocycles. The van der Waals surface area contributed by atoms with E-state index in [-0.39, 0.29) is 0 Å². The van der Waals surface area contributed by atoms with Crippen LogP contribution in [-0.4, -0.2) is 9.55 Å².